The molecule has 2 aromatic heterocycles. The molecule has 3 rings (SSSR count). The summed E-state index contributed by atoms with van der Waals surface area (Å²) in [5, 5.41) is 3.63. The van der Waals surface area contributed by atoms with E-state index in [1.807, 2.05) is 18.2 Å². The van der Waals surface area contributed by atoms with Crippen LogP contribution in [0.4, 0.5) is 5.95 Å². The molecule has 1 N–H and O–H groups in total. The van der Waals surface area contributed by atoms with Crippen LogP contribution in [0.5, 0.6) is 0 Å². The molecule has 0 spiro atoms. The molecule has 0 radical (unpaired) electrons. The average Bonchev–Trinajstić information content (AvgIpc) is 3.03. The number of piperidine rings is 1. The first-order chi connectivity index (χ1) is 9.83. The Kier molecular flexibility index (Phi) is 3.97. The number of anilines is 1. The van der Waals surface area contributed by atoms with Gasteiger partial charge in [-0.15, -0.1) is 0 Å². The molecule has 5 heteroatoms. The molecule has 1 aliphatic heterocycles. The molecule has 3 heterocycles. The van der Waals surface area contributed by atoms with Gasteiger partial charge >= 0.3 is 0 Å². The van der Waals surface area contributed by atoms with Crippen molar-refractivity contribution in [2.75, 3.05) is 18.0 Å². The van der Waals surface area contributed by atoms with Crippen LogP contribution in [0.1, 0.15) is 31.6 Å². The maximum atomic E-state index is 5.45. The maximum absolute atomic E-state index is 5.45. The van der Waals surface area contributed by atoms with E-state index in [9.17, 15) is 0 Å². The van der Waals surface area contributed by atoms with E-state index in [1.54, 1.807) is 18.7 Å². The highest BCUT2D eigenvalue weighted by atomic mass is 16.3. The van der Waals surface area contributed by atoms with E-state index < -0.39 is 0 Å². The first-order valence-electron chi connectivity index (χ1n) is 7.14. The fourth-order valence-electron chi connectivity index (χ4n) is 2.72. The molecule has 2 aromatic rings. The summed E-state index contributed by atoms with van der Waals surface area (Å²) in [7, 11) is 0. The number of furan rings is 1. The summed E-state index contributed by atoms with van der Waals surface area (Å²) >= 11 is 0. The monoisotopic (exact) mass is 272 g/mol. The van der Waals surface area contributed by atoms with Crippen molar-refractivity contribution in [2.24, 2.45) is 0 Å². The minimum Gasteiger partial charge on any atom is -0.468 e. The molecule has 1 aliphatic rings. The van der Waals surface area contributed by atoms with E-state index in [0.717, 1.165) is 31.2 Å². The van der Waals surface area contributed by atoms with Crippen molar-refractivity contribution in [1.82, 2.24) is 15.3 Å². The molecular formula is C15H20N4O. The van der Waals surface area contributed by atoms with E-state index in [0.29, 0.717) is 6.04 Å². The molecule has 1 fully saturated rings. The average molecular weight is 272 g/mol. The molecule has 5 nitrogen and oxygen atoms in total. The first-order valence-corrected chi connectivity index (χ1v) is 7.14. The lowest BCUT2D eigenvalue weighted by Gasteiger charge is -2.34. The topological polar surface area (TPSA) is 54.2 Å². The smallest absolute Gasteiger partial charge is 0.225 e. The summed E-state index contributed by atoms with van der Waals surface area (Å²) in [6, 6.07) is 6.46. The highest BCUT2D eigenvalue weighted by Gasteiger charge is 2.23. The van der Waals surface area contributed by atoms with Crippen LogP contribution < -0.4 is 10.2 Å². The summed E-state index contributed by atoms with van der Waals surface area (Å²) in [5.41, 5.74) is 0. The Labute approximate surface area is 119 Å². The summed E-state index contributed by atoms with van der Waals surface area (Å²) in [5.74, 6) is 1.81. The lowest BCUT2D eigenvalue weighted by molar-refractivity contribution is 0.351. The predicted molar refractivity (Wildman–Crippen MR) is 77.5 cm³/mol. The standard InChI is InChI=1S/C15H20N4O/c1-12(14-6-3-10-20-14)18-13-5-2-9-19(11-13)15-16-7-4-8-17-15/h3-4,6-8,10,12-13,18H,2,5,9,11H2,1H3. The van der Waals surface area contributed by atoms with Crippen LogP contribution in [0.3, 0.4) is 0 Å². The van der Waals surface area contributed by atoms with Gasteiger partial charge in [0.1, 0.15) is 5.76 Å². The van der Waals surface area contributed by atoms with Crippen LogP contribution in [-0.4, -0.2) is 29.1 Å². The summed E-state index contributed by atoms with van der Waals surface area (Å²) < 4.78 is 5.45. The Morgan fingerprint density at radius 3 is 2.95 bits per heavy atom. The summed E-state index contributed by atoms with van der Waals surface area (Å²) in [6.07, 6.45) is 7.64. The highest BCUT2D eigenvalue weighted by molar-refractivity contribution is 5.29. The van der Waals surface area contributed by atoms with Crippen LogP contribution in [0.25, 0.3) is 0 Å². The number of nitrogens with one attached hydrogen (secondary N) is 1. The van der Waals surface area contributed by atoms with Gasteiger partial charge in [0.25, 0.3) is 0 Å². The molecule has 2 atom stereocenters. The molecule has 2 unspecified atom stereocenters. The SMILES string of the molecule is CC(NC1CCCN(c2ncccn2)C1)c1ccco1. The fourth-order valence-corrected chi connectivity index (χ4v) is 2.72. The number of hydrogen-bond acceptors (Lipinski definition) is 5. The predicted octanol–water partition coefficient (Wildman–Crippen LogP) is 2.39. The molecule has 0 bridgehead atoms. The van der Waals surface area contributed by atoms with Crippen LogP contribution in [0.15, 0.2) is 41.3 Å². The molecule has 0 amide bonds. The second-order valence-corrected chi connectivity index (χ2v) is 5.24. The molecule has 20 heavy (non-hydrogen) atoms. The Hall–Kier alpha value is -1.88. The van der Waals surface area contributed by atoms with Crippen molar-refractivity contribution in [3.05, 3.63) is 42.6 Å². The van der Waals surface area contributed by atoms with Gasteiger partial charge in [-0.1, -0.05) is 0 Å². The Bertz CT molecular complexity index is 514. The van der Waals surface area contributed by atoms with Crippen molar-refractivity contribution < 1.29 is 4.42 Å². The maximum Gasteiger partial charge on any atom is 0.225 e. The molecule has 0 aliphatic carbocycles. The second-order valence-electron chi connectivity index (χ2n) is 5.24. The van der Waals surface area contributed by atoms with Crippen molar-refractivity contribution >= 4 is 5.95 Å². The summed E-state index contributed by atoms with van der Waals surface area (Å²) in [4.78, 5) is 10.9. The third kappa shape index (κ3) is 2.99. The van der Waals surface area contributed by atoms with Crippen molar-refractivity contribution in [1.29, 1.82) is 0 Å². The molecular weight excluding hydrogens is 252 g/mol. The lowest BCUT2D eigenvalue weighted by Crippen LogP contribution is -2.47. The fraction of sp³-hybridized carbons (Fsp3) is 0.467. The van der Waals surface area contributed by atoms with E-state index in [-0.39, 0.29) is 6.04 Å². The third-order valence-corrected chi connectivity index (χ3v) is 3.71. The quantitative estimate of drug-likeness (QED) is 0.926. The Morgan fingerprint density at radius 2 is 2.20 bits per heavy atom. The van der Waals surface area contributed by atoms with E-state index in [1.165, 1.54) is 6.42 Å². The molecule has 0 saturated carbocycles. The van der Waals surface area contributed by atoms with Gasteiger partial charge in [0, 0.05) is 31.5 Å². The number of rotatable bonds is 4. The van der Waals surface area contributed by atoms with Crippen molar-refractivity contribution in [3.63, 3.8) is 0 Å². The lowest BCUT2D eigenvalue weighted by atomic mass is 10.0. The number of aromatic nitrogens is 2. The zero-order valence-corrected chi connectivity index (χ0v) is 11.7. The highest BCUT2D eigenvalue weighted by Crippen LogP contribution is 2.19. The van der Waals surface area contributed by atoms with Crippen LogP contribution in [0, 0.1) is 0 Å². The number of hydrogen-bond donors (Lipinski definition) is 1. The Balaban J connectivity index is 1.61. The van der Waals surface area contributed by atoms with Gasteiger partial charge in [-0.3, -0.25) is 0 Å². The minimum absolute atomic E-state index is 0.228. The van der Waals surface area contributed by atoms with E-state index >= 15 is 0 Å². The van der Waals surface area contributed by atoms with Gasteiger partial charge in [-0.25, -0.2) is 9.97 Å². The molecule has 0 aromatic carbocycles. The van der Waals surface area contributed by atoms with Gasteiger partial charge in [-0.2, -0.15) is 0 Å². The van der Waals surface area contributed by atoms with E-state index in [4.69, 9.17) is 4.42 Å². The molecule has 106 valence electrons. The van der Waals surface area contributed by atoms with Crippen LogP contribution in [0.2, 0.25) is 0 Å². The second kappa shape index (κ2) is 6.05. The zero-order chi connectivity index (χ0) is 13.8. The van der Waals surface area contributed by atoms with Crippen LogP contribution in [-0.2, 0) is 0 Å². The van der Waals surface area contributed by atoms with Crippen molar-refractivity contribution in [2.45, 2.75) is 31.8 Å². The van der Waals surface area contributed by atoms with Gasteiger partial charge in [0.2, 0.25) is 5.95 Å². The Morgan fingerprint density at radius 1 is 1.35 bits per heavy atom. The molecule has 1 saturated heterocycles. The van der Waals surface area contributed by atoms with Gasteiger partial charge in [-0.05, 0) is 38.0 Å². The van der Waals surface area contributed by atoms with Gasteiger partial charge < -0.3 is 14.6 Å². The third-order valence-electron chi connectivity index (χ3n) is 3.71. The largest absolute Gasteiger partial charge is 0.468 e. The number of nitrogens with zero attached hydrogens (tertiary/aromatic N) is 3. The normalized spacial score (nSPS) is 20.9. The zero-order valence-electron chi connectivity index (χ0n) is 11.7. The summed E-state index contributed by atoms with van der Waals surface area (Å²) in [6.45, 7) is 4.10. The van der Waals surface area contributed by atoms with Crippen molar-refractivity contribution in [3.8, 4) is 0 Å². The minimum atomic E-state index is 0.228. The van der Waals surface area contributed by atoms with Gasteiger partial charge in [0.05, 0.1) is 12.3 Å². The van der Waals surface area contributed by atoms with Gasteiger partial charge in [0.15, 0.2) is 0 Å². The van der Waals surface area contributed by atoms with Crippen LogP contribution >= 0.6 is 0 Å². The van der Waals surface area contributed by atoms with E-state index in [2.05, 4.69) is 27.1 Å². The first kappa shape index (κ1) is 13.1.